The van der Waals surface area contributed by atoms with Crippen LogP contribution in [0.1, 0.15) is 11.1 Å². The normalized spacial score (nSPS) is 12.7. The van der Waals surface area contributed by atoms with Crippen LogP contribution in [0.15, 0.2) is 51.7 Å². The summed E-state index contributed by atoms with van der Waals surface area (Å²) in [5.41, 5.74) is 0.560. The molecular formula is C20H15NO9. The predicted octanol–water partition coefficient (Wildman–Crippen LogP) is 2.69. The van der Waals surface area contributed by atoms with Crippen molar-refractivity contribution in [3.05, 3.63) is 74.1 Å². The largest absolute Gasteiger partial charge is 0.482 e. The highest BCUT2D eigenvalue weighted by molar-refractivity contribution is 5.78. The number of hydrogen-bond acceptors (Lipinski definition) is 9. The minimum Gasteiger partial charge on any atom is -0.482 e. The van der Waals surface area contributed by atoms with Crippen LogP contribution in [0.4, 0.5) is 5.69 Å². The van der Waals surface area contributed by atoms with E-state index in [9.17, 15) is 19.7 Å². The maximum Gasteiger partial charge on any atom is 0.344 e. The average Bonchev–Trinajstić information content (AvgIpc) is 2.75. The van der Waals surface area contributed by atoms with Gasteiger partial charge in [0.15, 0.2) is 13.4 Å². The third-order valence-corrected chi connectivity index (χ3v) is 4.32. The zero-order valence-electron chi connectivity index (χ0n) is 15.5. The zero-order valence-corrected chi connectivity index (χ0v) is 15.5. The fourth-order valence-corrected chi connectivity index (χ4v) is 2.97. The summed E-state index contributed by atoms with van der Waals surface area (Å²) < 4.78 is 26.2. The topological polar surface area (TPSA) is 127 Å². The lowest BCUT2D eigenvalue weighted by Crippen LogP contribution is -2.17. The number of ether oxygens (including phenoxy) is 4. The second-order valence-electron chi connectivity index (χ2n) is 6.36. The summed E-state index contributed by atoms with van der Waals surface area (Å²) in [6.07, 6.45) is 0. The van der Waals surface area contributed by atoms with Crippen LogP contribution in [-0.4, -0.2) is 24.3 Å². The highest BCUT2D eigenvalue weighted by atomic mass is 16.7. The Balaban J connectivity index is 1.41. The van der Waals surface area contributed by atoms with Gasteiger partial charge in [-0.3, -0.25) is 10.1 Å². The van der Waals surface area contributed by atoms with Gasteiger partial charge in [0.1, 0.15) is 23.7 Å². The summed E-state index contributed by atoms with van der Waals surface area (Å²) in [5, 5.41) is 11.8. The summed E-state index contributed by atoms with van der Waals surface area (Å²) in [6, 6.07) is 10.4. The number of carbonyl (C=O) groups excluding carboxylic acids is 1. The first kappa shape index (κ1) is 19.4. The molecule has 154 valence electrons. The van der Waals surface area contributed by atoms with Crippen LogP contribution in [-0.2, 0) is 27.5 Å². The number of non-ortho nitro benzene ring substituents is 1. The van der Waals surface area contributed by atoms with Crippen molar-refractivity contribution in [3.63, 3.8) is 0 Å². The molecule has 1 aromatic heterocycles. The first-order chi connectivity index (χ1) is 14.5. The fourth-order valence-electron chi connectivity index (χ4n) is 2.97. The Hall–Kier alpha value is -3.92. The van der Waals surface area contributed by atoms with Gasteiger partial charge in [-0.15, -0.1) is 0 Å². The van der Waals surface area contributed by atoms with Crippen molar-refractivity contribution in [2.75, 3.05) is 13.4 Å². The van der Waals surface area contributed by atoms with Gasteiger partial charge in [0.05, 0.1) is 11.5 Å². The smallest absolute Gasteiger partial charge is 0.344 e. The van der Waals surface area contributed by atoms with Gasteiger partial charge < -0.3 is 23.4 Å². The van der Waals surface area contributed by atoms with Gasteiger partial charge in [0.25, 0.3) is 5.69 Å². The van der Waals surface area contributed by atoms with E-state index in [2.05, 4.69) is 0 Å². The fraction of sp³-hybridized carbons (Fsp3) is 0.200. The molecule has 2 heterocycles. The summed E-state index contributed by atoms with van der Waals surface area (Å²) >= 11 is 0. The Morgan fingerprint density at radius 1 is 1.17 bits per heavy atom. The molecule has 0 N–H and O–H groups in total. The third kappa shape index (κ3) is 4.23. The van der Waals surface area contributed by atoms with E-state index in [0.717, 1.165) is 0 Å². The molecule has 0 unspecified atom stereocenters. The molecule has 10 nitrogen and oxygen atoms in total. The lowest BCUT2D eigenvalue weighted by molar-refractivity contribution is -0.385. The van der Waals surface area contributed by atoms with Crippen molar-refractivity contribution >= 4 is 22.6 Å². The van der Waals surface area contributed by atoms with Gasteiger partial charge in [-0.1, -0.05) is 0 Å². The number of hydrogen-bond donors (Lipinski definition) is 0. The molecule has 0 radical (unpaired) electrons. The van der Waals surface area contributed by atoms with Crippen LogP contribution < -0.4 is 15.1 Å². The van der Waals surface area contributed by atoms with Crippen molar-refractivity contribution in [1.29, 1.82) is 0 Å². The van der Waals surface area contributed by atoms with Crippen molar-refractivity contribution in [1.82, 2.24) is 0 Å². The molecule has 0 fully saturated rings. The van der Waals surface area contributed by atoms with Gasteiger partial charge in [-0.05, 0) is 18.2 Å². The number of fused-ring (bicyclic) bond motifs is 2. The molecule has 0 atom stereocenters. The maximum absolute atomic E-state index is 12.1. The second-order valence-corrected chi connectivity index (χ2v) is 6.36. The van der Waals surface area contributed by atoms with Gasteiger partial charge in [0, 0.05) is 40.8 Å². The average molecular weight is 413 g/mol. The van der Waals surface area contributed by atoms with Crippen LogP contribution in [0.2, 0.25) is 0 Å². The van der Waals surface area contributed by atoms with Crippen molar-refractivity contribution in [2.24, 2.45) is 0 Å². The SMILES string of the molecule is O=C(COc1ccc2ccc(=O)oc2c1)OCc1cc([N+](=O)[O-])cc2c1OCOC2. The monoisotopic (exact) mass is 413 g/mol. The molecular weight excluding hydrogens is 398 g/mol. The Bertz CT molecular complexity index is 1180. The van der Waals surface area contributed by atoms with Gasteiger partial charge in [-0.2, -0.15) is 0 Å². The van der Waals surface area contributed by atoms with Gasteiger partial charge >= 0.3 is 11.6 Å². The predicted molar refractivity (Wildman–Crippen MR) is 101 cm³/mol. The van der Waals surface area contributed by atoms with E-state index in [0.29, 0.717) is 33.6 Å². The van der Waals surface area contributed by atoms with Crippen LogP contribution in [0.25, 0.3) is 11.0 Å². The Labute approximate surface area is 168 Å². The van der Waals surface area contributed by atoms with E-state index in [1.165, 1.54) is 24.3 Å². The standard InChI is InChI=1S/C20H15NO9/c22-18-4-2-12-1-3-16(7-17(12)30-18)27-10-19(23)28-9-14-6-15(21(24)25)5-13-8-26-11-29-20(13)14/h1-7H,8-11H2. The number of esters is 1. The number of benzene rings is 2. The van der Waals surface area contributed by atoms with E-state index < -0.39 is 23.1 Å². The van der Waals surface area contributed by atoms with Gasteiger partial charge in [0.2, 0.25) is 0 Å². The summed E-state index contributed by atoms with van der Waals surface area (Å²) in [6.45, 7) is -0.450. The summed E-state index contributed by atoms with van der Waals surface area (Å²) in [4.78, 5) is 34.0. The number of nitro groups is 1. The molecule has 1 aliphatic heterocycles. The second kappa shape index (κ2) is 8.21. The molecule has 3 aromatic rings. The molecule has 4 rings (SSSR count). The molecule has 0 spiro atoms. The lowest BCUT2D eigenvalue weighted by Gasteiger charge is -2.20. The molecule has 0 saturated heterocycles. The lowest BCUT2D eigenvalue weighted by atomic mass is 10.1. The number of nitro benzene ring substituents is 1. The highest BCUT2D eigenvalue weighted by Gasteiger charge is 2.22. The Morgan fingerprint density at radius 2 is 2.00 bits per heavy atom. The number of rotatable bonds is 6. The molecule has 0 amide bonds. The van der Waals surface area contributed by atoms with Crippen LogP contribution >= 0.6 is 0 Å². The molecule has 2 aromatic carbocycles. The number of nitrogens with zero attached hydrogens (tertiary/aromatic N) is 1. The maximum atomic E-state index is 12.1. The highest BCUT2D eigenvalue weighted by Crippen LogP contribution is 2.33. The third-order valence-electron chi connectivity index (χ3n) is 4.32. The summed E-state index contributed by atoms with van der Waals surface area (Å²) in [7, 11) is 0. The zero-order chi connectivity index (χ0) is 21.1. The van der Waals surface area contributed by atoms with Gasteiger partial charge in [-0.25, -0.2) is 9.59 Å². The molecule has 0 aliphatic carbocycles. The van der Waals surface area contributed by atoms with E-state index in [1.54, 1.807) is 18.2 Å². The minimum absolute atomic E-state index is 0.00690. The quantitative estimate of drug-likeness (QED) is 0.259. The minimum atomic E-state index is -0.683. The first-order valence-electron chi connectivity index (χ1n) is 8.83. The van der Waals surface area contributed by atoms with Crippen LogP contribution in [0, 0.1) is 10.1 Å². The van der Waals surface area contributed by atoms with Crippen molar-refractivity contribution < 1.29 is 33.1 Å². The van der Waals surface area contributed by atoms with E-state index in [-0.39, 0.29) is 25.7 Å². The van der Waals surface area contributed by atoms with E-state index in [4.69, 9.17) is 23.4 Å². The van der Waals surface area contributed by atoms with E-state index in [1.807, 2.05) is 0 Å². The molecule has 30 heavy (non-hydrogen) atoms. The molecule has 0 saturated carbocycles. The van der Waals surface area contributed by atoms with Crippen molar-refractivity contribution in [2.45, 2.75) is 13.2 Å². The number of carbonyl (C=O) groups is 1. The first-order valence-corrected chi connectivity index (χ1v) is 8.83. The van der Waals surface area contributed by atoms with Crippen LogP contribution in [0.5, 0.6) is 11.5 Å². The Kier molecular flexibility index (Phi) is 5.31. The molecule has 1 aliphatic rings. The van der Waals surface area contributed by atoms with Crippen LogP contribution in [0.3, 0.4) is 0 Å². The summed E-state index contributed by atoms with van der Waals surface area (Å²) in [5.74, 6) is 0.0454. The van der Waals surface area contributed by atoms with Crippen molar-refractivity contribution in [3.8, 4) is 11.5 Å². The molecule has 10 heteroatoms. The molecule has 0 bridgehead atoms. The Morgan fingerprint density at radius 3 is 2.83 bits per heavy atom. The van der Waals surface area contributed by atoms with E-state index >= 15 is 0 Å².